The number of thioether (sulfide) groups is 1. The van der Waals surface area contributed by atoms with Gasteiger partial charge in [0, 0.05) is 30.7 Å². The van der Waals surface area contributed by atoms with E-state index >= 15 is 0 Å². The lowest BCUT2D eigenvalue weighted by Crippen LogP contribution is -2.20. The van der Waals surface area contributed by atoms with Gasteiger partial charge in [0.05, 0.1) is 13.7 Å². The number of methoxy groups -OCH3 is 1. The van der Waals surface area contributed by atoms with Gasteiger partial charge >= 0.3 is 5.97 Å². The minimum Gasteiger partial charge on any atom is -0.497 e. The van der Waals surface area contributed by atoms with Crippen LogP contribution in [0, 0.1) is 0 Å². The highest BCUT2D eigenvalue weighted by Crippen LogP contribution is 2.43. The van der Waals surface area contributed by atoms with Gasteiger partial charge in [0.2, 0.25) is 0 Å². The Morgan fingerprint density at radius 1 is 1.17 bits per heavy atom. The number of hydrogen-bond acceptors (Lipinski definition) is 4. The molecule has 0 aliphatic carbocycles. The maximum Gasteiger partial charge on any atom is 0.315 e. The summed E-state index contributed by atoms with van der Waals surface area (Å²) in [4.78, 5) is 17.6. The number of aromatic amines is 1. The summed E-state index contributed by atoms with van der Waals surface area (Å²) in [5, 5.41) is 1.06. The van der Waals surface area contributed by atoms with Crippen LogP contribution in [-0.2, 0) is 16.0 Å². The summed E-state index contributed by atoms with van der Waals surface area (Å²) in [6.07, 6.45) is 0.563. The van der Waals surface area contributed by atoms with Crippen LogP contribution in [0.4, 0.5) is 0 Å². The maximum absolute atomic E-state index is 13.0. The lowest BCUT2D eigenvalue weighted by atomic mass is 9.96. The largest absolute Gasteiger partial charge is 0.497 e. The highest BCUT2D eigenvalue weighted by molar-refractivity contribution is 9.10. The Morgan fingerprint density at radius 2 is 1.87 bits per heavy atom. The van der Waals surface area contributed by atoms with E-state index in [1.165, 1.54) is 0 Å². The zero-order valence-corrected chi connectivity index (χ0v) is 20.4. The fourth-order valence-electron chi connectivity index (χ4n) is 3.36. The zero-order valence-electron chi connectivity index (χ0n) is 18.0. The van der Waals surface area contributed by atoms with Crippen molar-refractivity contribution in [1.29, 1.82) is 0 Å². The molecule has 1 N–H and O–H groups in total. The third-order valence-corrected chi connectivity index (χ3v) is 6.45. The molecular weight excluding hydrogens is 462 g/mol. The number of H-pyrrole nitrogens is 1. The molecule has 0 saturated carbocycles. The Balaban J connectivity index is 2.14. The predicted molar refractivity (Wildman–Crippen MR) is 128 cm³/mol. The van der Waals surface area contributed by atoms with Gasteiger partial charge in [-0.1, -0.05) is 48.8 Å². The molecule has 0 bridgehead atoms. The highest BCUT2D eigenvalue weighted by Gasteiger charge is 2.30. The molecule has 0 saturated heterocycles. The summed E-state index contributed by atoms with van der Waals surface area (Å²) < 4.78 is 11.9. The molecule has 0 amide bonds. The van der Waals surface area contributed by atoms with E-state index in [0.29, 0.717) is 13.0 Å². The molecule has 1 heterocycles. The minimum atomic E-state index is -0.422. The number of fused-ring (bicyclic) bond motifs is 1. The molecule has 1 atom stereocenters. The number of benzene rings is 2. The molecule has 160 valence electrons. The first-order valence-corrected chi connectivity index (χ1v) is 11.6. The van der Waals surface area contributed by atoms with E-state index in [2.05, 4.69) is 41.7 Å². The van der Waals surface area contributed by atoms with Crippen LogP contribution < -0.4 is 4.74 Å². The van der Waals surface area contributed by atoms with Crippen LogP contribution in [0.2, 0.25) is 0 Å². The van der Waals surface area contributed by atoms with Crippen molar-refractivity contribution in [2.45, 2.75) is 49.7 Å². The van der Waals surface area contributed by atoms with Gasteiger partial charge in [-0.3, -0.25) is 4.79 Å². The highest BCUT2D eigenvalue weighted by atomic mass is 79.9. The second kappa shape index (κ2) is 9.48. The molecule has 0 fully saturated rings. The number of halogens is 1. The number of hydrogen-bond donors (Lipinski definition) is 1. The molecule has 30 heavy (non-hydrogen) atoms. The molecule has 0 spiro atoms. The van der Waals surface area contributed by atoms with Crippen molar-refractivity contribution < 1.29 is 14.3 Å². The number of esters is 1. The van der Waals surface area contributed by atoms with Gasteiger partial charge in [-0.15, -0.1) is 11.8 Å². The van der Waals surface area contributed by atoms with E-state index in [1.54, 1.807) is 18.9 Å². The number of carbonyl (C=O) groups excluding carboxylic acids is 1. The summed E-state index contributed by atoms with van der Waals surface area (Å²) in [7, 11) is 1.67. The average Bonchev–Trinajstić information content (AvgIpc) is 3.03. The first kappa shape index (κ1) is 22.8. The summed E-state index contributed by atoms with van der Waals surface area (Å²) >= 11 is 5.24. The monoisotopic (exact) mass is 489 g/mol. The summed E-state index contributed by atoms with van der Waals surface area (Å²) in [6.45, 7) is 8.72. The van der Waals surface area contributed by atoms with Crippen LogP contribution in [0.25, 0.3) is 10.9 Å². The lowest BCUT2D eigenvalue weighted by Gasteiger charge is -2.21. The van der Waals surface area contributed by atoms with E-state index in [9.17, 15) is 4.79 Å². The molecule has 0 aliphatic heterocycles. The molecule has 0 aliphatic rings. The third kappa shape index (κ3) is 5.41. The Bertz CT molecular complexity index is 1020. The normalized spacial score (nSPS) is 12.7. The molecule has 6 heteroatoms. The van der Waals surface area contributed by atoms with Crippen molar-refractivity contribution in [3.05, 3.63) is 58.2 Å². The molecule has 1 unspecified atom stereocenters. The SMILES string of the molecule is CCOC(=O)C(Cc1ccc(Br)cc1)c1[nH]c2ccc(OC)cc2c1SC(C)(C)C. The molecule has 3 rings (SSSR count). The first-order valence-electron chi connectivity index (χ1n) is 10.0. The average molecular weight is 490 g/mol. The molecular formula is C24H28BrNO3S. The number of carbonyl (C=O) groups is 1. The van der Waals surface area contributed by atoms with E-state index in [-0.39, 0.29) is 10.7 Å². The standard InChI is InChI=1S/C24H28BrNO3S/c1-6-29-23(27)19(13-15-7-9-16(25)10-8-15)21-22(30-24(2,3)4)18-14-17(28-5)11-12-20(18)26-21/h7-12,14,19,26H,6,13H2,1-5H3. The quantitative estimate of drug-likeness (QED) is 0.295. The molecule has 0 radical (unpaired) electrons. The van der Waals surface area contributed by atoms with Crippen molar-refractivity contribution in [2.24, 2.45) is 0 Å². The second-order valence-electron chi connectivity index (χ2n) is 8.13. The van der Waals surface area contributed by atoms with Crippen molar-refractivity contribution in [1.82, 2.24) is 4.98 Å². The van der Waals surface area contributed by atoms with Crippen molar-refractivity contribution >= 4 is 44.6 Å². The Hall–Kier alpha value is -1.92. The fraction of sp³-hybridized carbons (Fsp3) is 0.375. The molecule has 3 aromatic rings. The van der Waals surface area contributed by atoms with Gasteiger partial charge in [-0.05, 0) is 49.2 Å². The summed E-state index contributed by atoms with van der Waals surface area (Å²) in [6, 6.07) is 14.0. The van der Waals surface area contributed by atoms with Crippen molar-refractivity contribution in [2.75, 3.05) is 13.7 Å². The lowest BCUT2D eigenvalue weighted by molar-refractivity contribution is -0.145. The Morgan fingerprint density at radius 3 is 2.47 bits per heavy atom. The van der Waals surface area contributed by atoms with Crippen LogP contribution in [0.5, 0.6) is 5.75 Å². The number of nitrogens with one attached hydrogen (secondary N) is 1. The predicted octanol–water partition coefficient (Wildman–Crippen LogP) is 6.72. The topological polar surface area (TPSA) is 51.3 Å². The van der Waals surface area contributed by atoms with Gasteiger partial charge in [-0.25, -0.2) is 0 Å². The number of ether oxygens (including phenoxy) is 2. The van der Waals surface area contributed by atoms with Crippen LogP contribution in [0.15, 0.2) is 51.8 Å². The smallest absolute Gasteiger partial charge is 0.315 e. The number of aromatic nitrogens is 1. The molecule has 4 nitrogen and oxygen atoms in total. The van der Waals surface area contributed by atoms with Crippen LogP contribution in [-0.4, -0.2) is 29.4 Å². The maximum atomic E-state index is 13.0. The van der Waals surface area contributed by atoms with Gasteiger partial charge in [-0.2, -0.15) is 0 Å². The van der Waals surface area contributed by atoms with Crippen LogP contribution in [0.3, 0.4) is 0 Å². The second-order valence-corrected chi connectivity index (χ2v) is 10.9. The zero-order chi connectivity index (χ0) is 21.9. The summed E-state index contributed by atoms with van der Waals surface area (Å²) in [5.41, 5.74) is 2.97. The summed E-state index contributed by atoms with van der Waals surface area (Å²) in [5.74, 6) is 0.161. The van der Waals surface area contributed by atoms with Crippen molar-refractivity contribution in [3.8, 4) is 5.75 Å². The number of rotatable bonds is 7. The van der Waals surface area contributed by atoms with Gasteiger partial charge in [0.25, 0.3) is 0 Å². The van der Waals surface area contributed by atoms with E-state index in [4.69, 9.17) is 9.47 Å². The van der Waals surface area contributed by atoms with Gasteiger partial charge in [0.1, 0.15) is 11.7 Å². The minimum absolute atomic E-state index is 0.0240. The van der Waals surface area contributed by atoms with Crippen molar-refractivity contribution in [3.63, 3.8) is 0 Å². The Labute approximate surface area is 190 Å². The Kier molecular flexibility index (Phi) is 7.19. The molecule has 2 aromatic carbocycles. The van der Waals surface area contributed by atoms with Gasteiger partial charge < -0.3 is 14.5 Å². The van der Waals surface area contributed by atoms with E-state index < -0.39 is 5.92 Å². The van der Waals surface area contributed by atoms with E-state index in [1.807, 2.05) is 49.4 Å². The first-order chi connectivity index (χ1) is 14.2. The molecule has 1 aromatic heterocycles. The van der Waals surface area contributed by atoms with Crippen LogP contribution in [0.1, 0.15) is 44.9 Å². The van der Waals surface area contributed by atoms with E-state index in [0.717, 1.165) is 37.3 Å². The van der Waals surface area contributed by atoms with Crippen LogP contribution >= 0.6 is 27.7 Å². The fourth-order valence-corrected chi connectivity index (χ4v) is 4.82. The third-order valence-electron chi connectivity index (χ3n) is 4.67. The van der Waals surface area contributed by atoms with Gasteiger partial charge in [0.15, 0.2) is 0 Å².